The molecule has 0 spiro atoms. The maximum absolute atomic E-state index is 7.93. The molecule has 2 heteroatoms. The van der Waals surface area contributed by atoms with Gasteiger partial charge < -0.3 is 5.32 Å². The molecular weight excluding hydrogens is 190 g/mol. The number of fused-ring (bicyclic) bond motifs is 2. The van der Waals surface area contributed by atoms with Crippen LogP contribution in [0, 0.1) is 0 Å². The fourth-order valence-corrected chi connectivity index (χ4v) is 1.97. The summed E-state index contributed by atoms with van der Waals surface area (Å²) in [5.74, 6) is 0. The number of benzene rings is 2. The van der Waals surface area contributed by atoms with Crippen molar-refractivity contribution in [2.75, 3.05) is 5.32 Å². The second-order valence-corrected chi connectivity index (χ2v) is 3.66. The molecule has 68 valence electrons. The van der Waals surface area contributed by atoms with E-state index >= 15 is 0 Å². The summed E-state index contributed by atoms with van der Waals surface area (Å²) in [6.45, 7) is 0. The average molecular weight is 207 g/mol. The van der Waals surface area contributed by atoms with E-state index in [0.29, 0.717) is 0 Å². The Morgan fingerprint density at radius 3 is 1.93 bits per heavy atom. The highest BCUT2D eigenvalue weighted by Crippen LogP contribution is 2.43. The standard InChI is InChI=1S/C12H9NS/c1-3-7-11-9(5-1)13-10-6-2-4-8-12(10)14-11/h1-8,13H/i1D,2D,3D,4D,5D,6D,7D,8D. The van der Waals surface area contributed by atoms with Crippen molar-refractivity contribution >= 4 is 23.1 Å². The van der Waals surface area contributed by atoms with Gasteiger partial charge in [-0.1, -0.05) is 35.9 Å². The van der Waals surface area contributed by atoms with Crippen molar-refractivity contribution in [3.05, 3.63) is 48.3 Å². The Hall–Kier alpha value is -1.41. The zero-order valence-corrected chi connectivity index (χ0v) is 7.72. The maximum Gasteiger partial charge on any atom is 0.0645 e. The van der Waals surface area contributed by atoms with Crippen molar-refractivity contribution in [1.82, 2.24) is 0 Å². The van der Waals surface area contributed by atoms with Gasteiger partial charge in [0.15, 0.2) is 0 Å². The van der Waals surface area contributed by atoms with Gasteiger partial charge in [-0.2, -0.15) is 0 Å². The lowest BCUT2D eigenvalue weighted by atomic mass is 10.2. The predicted molar refractivity (Wildman–Crippen MR) is 60.3 cm³/mol. The van der Waals surface area contributed by atoms with Gasteiger partial charge in [0, 0.05) is 9.79 Å². The molecule has 2 aromatic carbocycles. The second kappa shape index (κ2) is 3.07. The number of rotatable bonds is 0. The van der Waals surface area contributed by atoms with Crippen LogP contribution in [0.25, 0.3) is 0 Å². The third-order valence-corrected chi connectivity index (χ3v) is 2.78. The van der Waals surface area contributed by atoms with Crippen molar-refractivity contribution in [2.45, 2.75) is 9.79 Å². The molecule has 0 bridgehead atoms. The molecule has 1 heterocycles. The largest absolute Gasteiger partial charge is 0.354 e. The van der Waals surface area contributed by atoms with E-state index in [0.717, 1.165) is 11.8 Å². The number of hydrogen-bond acceptors (Lipinski definition) is 2. The van der Waals surface area contributed by atoms with Crippen LogP contribution in [0.4, 0.5) is 11.4 Å². The van der Waals surface area contributed by atoms with E-state index in [-0.39, 0.29) is 69.5 Å². The summed E-state index contributed by atoms with van der Waals surface area (Å²) >= 11 is 0.926. The van der Waals surface area contributed by atoms with Crippen LogP contribution in [0.3, 0.4) is 0 Å². The molecule has 0 amide bonds. The Bertz CT molecular complexity index is 700. The summed E-state index contributed by atoms with van der Waals surface area (Å²) in [5.41, 5.74) is 0.266. The smallest absolute Gasteiger partial charge is 0.0645 e. The third-order valence-electron chi connectivity index (χ3n) is 1.76. The highest BCUT2D eigenvalue weighted by Gasteiger charge is 2.13. The first-order chi connectivity index (χ1) is 10.3. The van der Waals surface area contributed by atoms with Crippen LogP contribution in [-0.4, -0.2) is 0 Å². The summed E-state index contributed by atoms with van der Waals surface area (Å²) in [6, 6.07) is -2.51. The van der Waals surface area contributed by atoms with Crippen molar-refractivity contribution in [2.24, 2.45) is 0 Å². The van der Waals surface area contributed by atoms with Crippen molar-refractivity contribution in [3.63, 3.8) is 0 Å². The summed E-state index contributed by atoms with van der Waals surface area (Å²) in [5, 5.41) is 2.75. The first-order valence-electron chi connectivity index (χ1n) is 7.91. The topological polar surface area (TPSA) is 12.0 Å². The van der Waals surface area contributed by atoms with Gasteiger partial charge in [-0.3, -0.25) is 0 Å². The number of para-hydroxylation sites is 2. The van der Waals surface area contributed by atoms with Gasteiger partial charge in [-0.05, 0) is 24.2 Å². The fraction of sp³-hybridized carbons (Fsp3) is 0. The van der Waals surface area contributed by atoms with Gasteiger partial charge in [0.25, 0.3) is 0 Å². The van der Waals surface area contributed by atoms with Crippen LogP contribution in [0.2, 0.25) is 0 Å². The van der Waals surface area contributed by atoms with Crippen molar-refractivity contribution in [3.8, 4) is 0 Å². The number of nitrogens with one attached hydrogen (secondary N) is 1. The van der Waals surface area contributed by atoms with Gasteiger partial charge in [0.2, 0.25) is 0 Å². The highest BCUT2D eigenvalue weighted by atomic mass is 32.2. The molecule has 3 rings (SSSR count). The molecule has 2 aromatic rings. The van der Waals surface area contributed by atoms with Crippen LogP contribution < -0.4 is 5.32 Å². The van der Waals surface area contributed by atoms with E-state index in [4.69, 9.17) is 11.0 Å². The normalized spacial score (nSPS) is 20.6. The molecule has 0 saturated carbocycles. The Morgan fingerprint density at radius 1 is 0.857 bits per heavy atom. The molecule has 1 aliphatic heterocycles. The van der Waals surface area contributed by atoms with E-state index < -0.39 is 0 Å². The molecule has 14 heavy (non-hydrogen) atoms. The van der Waals surface area contributed by atoms with E-state index in [1.54, 1.807) is 0 Å². The maximum atomic E-state index is 7.93. The fourth-order valence-electron chi connectivity index (χ4n) is 1.16. The Labute approximate surface area is 98.4 Å². The Kier molecular flexibility index (Phi) is 0.726. The minimum Gasteiger partial charge on any atom is -0.354 e. The van der Waals surface area contributed by atoms with Crippen LogP contribution in [0.15, 0.2) is 58.1 Å². The van der Waals surface area contributed by atoms with E-state index in [1.807, 2.05) is 0 Å². The van der Waals surface area contributed by atoms with Crippen LogP contribution in [0.5, 0.6) is 0 Å². The highest BCUT2D eigenvalue weighted by molar-refractivity contribution is 7.99. The molecule has 0 aliphatic carbocycles. The molecule has 0 radical (unpaired) electrons. The molecule has 0 unspecified atom stereocenters. The Morgan fingerprint density at radius 2 is 1.36 bits per heavy atom. The van der Waals surface area contributed by atoms with Crippen LogP contribution in [-0.2, 0) is 0 Å². The number of anilines is 2. The summed E-state index contributed by atoms with van der Waals surface area (Å²) in [6.07, 6.45) is 0. The first kappa shape index (κ1) is 3.31. The third kappa shape index (κ3) is 1.19. The lowest BCUT2D eigenvalue weighted by Crippen LogP contribution is -1.98. The van der Waals surface area contributed by atoms with Gasteiger partial charge in [-0.25, -0.2) is 0 Å². The van der Waals surface area contributed by atoms with Crippen LogP contribution in [0.1, 0.15) is 11.0 Å². The quantitative estimate of drug-likeness (QED) is 0.600. The molecule has 1 aliphatic rings. The SMILES string of the molecule is [2H]c1c([2H])c([2H])c2c(c1[2H])Nc1c([2H])c([2H])c([2H])c([2H])c1S2. The first-order valence-corrected chi connectivity index (χ1v) is 4.72. The molecule has 1 N–H and O–H groups in total. The average Bonchev–Trinajstić information content (AvgIpc) is 2.52. The Balaban J connectivity index is 2.32. The zero-order valence-electron chi connectivity index (χ0n) is 14.9. The van der Waals surface area contributed by atoms with Crippen molar-refractivity contribution in [1.29, 1.82) is 0 Å². The number of hydrogen-bond donors (Lipinski definition) is 1. The van der Waals surface area contributed by atoms with Gasteiger partial charge in [0.1, 0.15) is 0 Å². The van der Waals surface area contributed by atoms with Crippen molar-refractivity contribution < 1.29 is 11.0 Å². The second-order valence-electron chi connectivity index (χ2n) is 2.64. The van der Waals surface area contributed by atoms with Crippen LogP contribution >= 0.6 is 11.8 Å². The predicted octanol–water partition coefficient (Wildman–Crippen LogP) is 3.89. The molecule has 0 atom stereocenters. The van der Waals surface area contributed by atoms with E-state index in [9.17, 15) is 0 Å². The van der Waals surface area contributed by atoms with Gasteiger partial charge in [-0.15, -0.1) is 0 Å². The lowest BCUT2D eigenvalue weighted by molar-refractivity contribution is 1.32. The lowest BCUT2D eigenvalue weighted by Gasteiger charge is -2.19. The van der Waals surface area contributed by atoms with Gasteiger partial charge >= 0.3 is 0 Å². The minimum atomic E-state index is -0.388. The summed E-state index contributed by atoms with van der Waals surface area (Å²) < 4.78 is 62.4. The van der Waals surface area contributed by atoms with E-state index in [1.165, 1.54) is 0 Å². The monoisotopic (exact) mass is 207 g/mol. The zero-order chi connectivity index (χ0) is 16.3. The summed E-state index contributed by atoms with van der Waals surface area (Å²) in [4.78, 5) is 0.451. The molecule has 0 saturated heterocycles. The minimum absolute atomic E-state index is 0.133. The van der Waals surface area contributed by atoms with Gasteiger partial charge in [0.05, 0.1) is 22.3 Å². The molecule has 0 fully saturated rings. The summed E-state index contributed by atoms with van der Waals surface area (Å²) in [7, 11) is 0. The molecule has 0 aromatic heterocycles. The molecular formula is C12H9NS. The molecule has 1 nitrogen and oxygen atoms in total. The van der Waals surface area contributed by atoms with E-state index in [2.05, 4.69) is 5.32 Å².